The van der Waals surface area contributed by atoms with E-state index in [1.165, 1.54) is 0 Å². The van der Waals surface area contributed by atoms with E-state index in [4.69, 9.17) is 4.74 Å². The molecule has 0 aliphatic carbocycles. The third-order valence-corrected chi connectivity index (χ3v) is 4.49. The van der Waals surface area contributed by atoms with E-state index < -0.39 is 0 Å². The van der Waals surface area contributed by atoms with E-state index in [0.29, 0.717) is 23.7 Å². The van der Waals surface area contributed by atoms with Crippen molar-refractivity contribution in [1.29, 1.82) is 0 Å². The van der Waals surface area contributed by atoms with Crippen LogP contribution in [0.4, 0.5) is 0 Å². The van der Waals surface area contributed by atoms with Crippen LogP contribution >= 0.6 is 0 Å². The van der Waals surface area contributed by atoms with Crippen LogP contribution in [0.3, 0.4) is 0 Å². The Balaban J connectivity index is 1.45. The highest BCUT2D eigenvalue weighted by Gasteiger charge is 2.13. The van der Waals surface area contributed by atoms with Gasteiger partial charge in [0.25, 0.3) is 5.91 Å². The number of aromatic nitrogens is 5. The molecule has 0 bridgehead atoms. The number of ether oxygens (including phenoxy) is 1. The number of amides is 1. The van der Waals surface area contributed by atoms with E-state index in [2.05, 4.69) is 25.6 Å². The molecule has 8 heteroatoms. The Hall–Kier alpha value is -3.94. The molecule has 4 rings (SSSR count). The van der Waals surface area contributed by atoms with Crippen molar-refractivity contribution in [3.63, 3.8) is 0 Å². The Labute approximate surface area is 167 Å². The maximum Gasteiger partial charge on any atom is 0.269 e. The smallest absolute Gasteiger partial charge is 0.269 e. The van der Waals surface area contributed by atoms with Crippen LogP contribution in [0.1, 0.15) is 16.1 Å². The number of hydrogen-bond donors (Lipinski definition) is 2. The first kappa shape index (κ1) is 18.4. The minimum atomic E-state index is -0.245. The number of carbonyl (C=O) groups excluding carboxylic acids is 1. The van der Waals surface area contributed by atoms with Gasteiger partial charge in [0.15, 0.2) is 0 Å². The zero-order chi connectivity index (χ0) is 20.2. The summed E-state index contributed by atoms with van der Waals surface area (Å²) in [6, 6.07) is 11.2. The molecule has 1 aromatic carbocycles. The third kappa shape index (κ3) is 4.01. The van der Waals surface area contributed by atoms with E-state index in [1.807, 2.05) is 43.6 Å². The summed E-state index contributed by atoms with van der Waals surface area (Å²) < 4.78 is 7.09. The lowest BCUT2D eigenvalue weighted by Gasteiger charge is -2.05. The summed E-state index contributed by atoms with van der Waals surface area (Å²) in [5, 5.41) is 14.1. The Morgan fingerprint density at radius 3 is 2.83 bits per heavy atom. The number of hydrogen-bond acceptors (Lipinski definition) is 5. The van der Waals surface area contributed by atoms with Gasteiger partial charge in [-0.3, -0.25) is 19.6 Å². The summed E-state index contributed by atoms with van der Waals surface area (Å²) in [6.45, 7) is 0.350. The normalized spacial score (nSPS) is 10.7. The lowest BCUT2D eigenvalue weighted by atomic mass is 10.1. The second-order valence-electron chi connectivity index (χ2n) is 6.53. The molecular formula is C21H20N6O2. The average molecular weight is 388 g/mol. The van der Waals surface area contributed by atoms with Crippen LogP contribution < -0.4 is 10.1 Å². The summed E-state index contributed by atoms with van der Waals surface area (Å²) in [7, 11) is 3.47. The molecule has 0 radical (unpaired) electrons. The molecule has 0 unspecified atom stereocenters. The van der Waals surface area contributed by atoms with Gasteiger partial charge in [0.2, 0.25) is 0 Å². The molecule has 0 saturated heterocycles. The maximum atomic E-state index is 12.5. The van der Waals surface area contributed by atoms with E-state index in [-0.39, 0.29) is 5.91 Å². The molecule has 0 fully saturated rings. The molecule has 2 N–H and O–H groups in total. The molecule has 0 saturated carbocycles. The van der Waals surface area contributed by atoms with Crippen LogP contribution in [-0.2, 0) is 13.6 Å². The molecule has 8 nitrogen and oxygen atoms in total. The Morgan fingerprint density at radius 2 is 2.03 bits per heavy atom. The number of nitrogens with one attached hydrogen (secondary N) is 2. The molecule has 4 aromatic rings. The maximum absolute atomic E-state index is 12.5. The molecule has 0 aliphatic rings. The fourth-order valence-corrected chi connectivity index (χ4v) is 3.02. The monoisotopic (exact) mass is 388 g/mol. The second kappa shape index (κ2) is 7.97. The largest absolute Gasteiger partial charge is 0.496 e. The molecule has 146 valence electrons. The topological polar surface area (TPSA) is 97.7 Å². The summed E-state index contributed by atoms with van der Waals surface area (Å²) in [5.74, 6) is 0.453. The van der Waals surface area contributed by atoms with Gasteiger partial charge in [0.05, 0.1) is 19.0 Å². The number of aromatic amines is 1. The standard InChI is InChI=1S/C21H20N6O2/c1-27-13-16(12-24-27)15-7-14(9-22-11-15)10-23-21(28)19-8-18(25-26-19)17-5-3-4-6-20(17)29-2/h3-9,11-13H,10H2,1-2H3,(H,23,28)(H,25,26). The fraction of sp³-hybridized carbons (Fsp3) is 0.143. The SMILES string of the molecule is COc1ccccc1-c1cc(C(=O)NCc2cncc(-c3cnn(C)c3)c2)[nH]n1. The van der Waals surface area contributed by atoms with Gasteiger partial charge in [0.1, 0.15) is 11.4 Å². The minimum absolute atomic E-state index is 0.245. The van der Waals surface area contributed by atoms with Crippen molar-refractivity contribution in [3.05, 3.63) is 72.4 Å². The number of H-pyrrole nitrogens is 1. The highest BCUT2D eigenvalue weighted by Crippen LogP contribution is 2.28. The number of carbonyl (C=O) groups is 1. The Kier molecular flexibility index (Phi) is 5.07. The number of rotatable bonds is 6. The van der Waals surface area contributed by atoms with Gasteiger partial charge in [-0.1, -0.05) is 12.1 Å². The lowest BCUT2D eigenvalue weighted by molar-refractivity contribution is 0.0946. The van der Waals surface area contributed by atoms with Crippen LogP contribution in [0.25, 0.3) is 22.4 Å². The molecule has 3 heterocycles. The summed E-state index contributed by atoms with van der Waals surface area (Å²) in [6.07, 6.45) is 7.21. The van der Waals surface area contributed by atoms with Crippen molar-refractivity contribution in [2.45, 2.75) is 6.54 Å². The van der Waals surface area contributed by atoms with Crippen molar-refractivity contribution in [2.24, 2.45) is 7.05 Å². The molecule has 0 spiro atoms. The molecular weight excluding hydrogens is 368 g/mol. The lowest BCUT2D eigenvalue weighted by Crippen LogP contribution is -2.23. The van der Waals surface area contributed by atoms with Gasteiger partial charge >= 0.3 is 0 Å². The van der Waals surface area contributed by atoms with Crippen LogP contribution in [0, 0.1) is 0 Å². The van der Waals surface area contributed by atoms with Crippen LogP contribution in [-0.4, -0.2) is 38.0 Å². The number of para-hydroxylation sites is 1. The molecule has 0 aliphatic heterocycles. The Morgan fingerprint density at radius 1 is 1.17 bits per heavy atom. The predicted octanol–water partition coefficient (Wildman–Crippen LogP) is 2.81. The van der Waals surface area contributed by atoms with Gasteiger partial charge in [-0.05, 0) is 29.8 Å². The summed E-state index contributed by atoms with van der Waals surface area (Å²) >= 11 is 0. The third-order valence-electron chi connectivity index (χ3n) is 4.49. The predicted molar refractivity (Wildman–Crippen MR) is 108 cm³/mol. The van der Waals surface area contributed by atoms with Crippen LogP contribution in [0.15, 0.2) is 61.2 Å². The van der Waals surface area contributed by atoms with Crippen molar-refractivity contribution >= 4 is 5.91 Å². The van der Waals surface area contributed by atoms with E-state index in [9.17, 15) is 4.79 Å². The van der Waals surface area contributed by atoms with Crippen molar-refractivity contribution < 1.29 is 9.53 Å². The Bertz CT molecular complexity index is 1150. The van der Waals surface area contributed by atoms with Gasteiger partial charge in [-0.25, -0.2) is 0 Å². The quantitative estimate of drug-likeness (QED) is 0.529. The highest BCUT2D eigenvalue weighted by molar-refractivity contribution is 5.93. The van der Waals surface area contributed by atoms with Crippen molar-refractivity contribution in [2.75, 3.05) is 7.11 Å². The minimum Gasteiger partial charge on any atom is -0.496 e. The van der Waals surface area contributed by atoms with E-state index in [0.717, 1.165) is 22.3 Å². The van der Waals surface area contributed by atoms with Crippen LogP contribution in [0.5, 0.6) is 5.75 Å². The first-order valence-electron chi connectivity index (χ1n) is 9.04. The zero-order valence-corrected chi connectivity index (χ0v) is 16.1. The fourth-order valence-electron chi connectivity index (χ4n) is 3.02. The van der Waals surface area contributed by atoms with E-state index in [1.54, 1.807) is 36.4 Å². The number of methoxy groups -OCH3 is 1. The number of pyridine rings is 1. The van der Waals surface area contributed by atoms with Gasteiger partial charge in [-0.2, -0.15) is 10.2 Å². The molecule has 3 aromatic heterocycles. The number of nitrogens with zero attached hydrogens (tertiary/aromatic N) is 4. The van der Waals surface area contributed by atoms with Crippen LogP contribution in [0.2, 0.25) is 0 Å². The average Bonchev–Trinajstić information content (AvgIpc) is 3.42. The van der Waals surface area contributed by atoms with Gasteiger partial charge in [0, 0.05) is 48.9 Å². The number of benzene rings is 1. The van der Waals surface area contributed by atoms with Crippen molar-refractivity contribution in [3.8, 4) is 28.1 Å². The molecule has 29 heavy (non-hydrogen) atoms. The molecule has 0 atom stereocenters. The highest BCUT2D eigenvalue weighted by atomic mass is 16.5. The van der Waals surface area contributed by atoms with Gasteiger partial charge in [-0.15, -0.1) is 0 Å². The summed E-state index contributed by atoms with van der Waals surface area (Å²) in [4.78, 5) is 16.8. The zero-order valence-electron chi connectivity index (χ0n) is 16.1. The van der Waals surface area contributed by atoms with Crippen molar-refractivity contribution in [1.82, 2.24) is 30.3 Å². The number of aryl methyl sites for hydroxylation is 1. The second-order valence-corrected chi connectivity index (χ2v) is 6.53. The van der Waals surface area contributed by atoms with Gasteiger partial charge < -0.3 is 10.1 Å². The molecule has 1 amide bonds. The first-order chi connectivity index (χ1) is 14.1. The first-order valence-corrected chi connectivity index (χ1v) is 9.04. The summed E-state index contributed by atoms with van der Waals surface area (Å²) in [5.41, 5.74) is 4.66. The van der Waals surface area contributed by atoms with E-state index >= 15 is 0 Å².